The van der Waals surface area contributed by atoms with Gasteiger partial charge in [0, 0.05) is 21.4 Å². The molecule has 8 nitrogen and oxygen atoms in total. The van der Waals surface area contributed by atoms with Crippen LogP contribution in [0.4, 0.5) is 0 Å². The minimum absolute atomic E-state index is 0.211. The number of nitrogens with one attached hydrogen (secondary N) is 3. The molecule has 0 bridgehead atoms. The van der Waals surface area contributed by atoms with Gasteiger partial charge in [0.15, 0.2) is 6.04 Å². The Morgan fingerprint density at radius 1 is 1.12 bits per heavy atom. The summed E-state index contributed by atoms with van der Waals surface area (Å²) in [5.74, 6) is -1.05. The fraction of sp³-hybridized carbons (Fsp3) is 0.125. The van der Waals surface area contributed by atoms with Crippen molar-refractivity contribution in [2.24, 2.45) is 5.10 Å². The average molecular weight is 492 g/mol. The van der Waals surface area contributed by atoms with E-state index in [4.69, 9.17) is 0 Å². The molecule has 3 N–H and O–H groups in total. The third-order valence-electron chi connectivity index (χ3n) is 4.98. The number of rotatable bonds is 7. The van der Waals surface area contributed by atoms with Crippen molar-refractivity contribution in [1.29, 1.82) is 0 Å². The number of thiophene rings is 1. The molecule has 2 amide bonds. The molecule has 0 aliphatic rings. The molecule has 2 aromatic heterocycles. The van der Waals surface area contributed by atoms with Crippen molar-refractivity contribution >= 4 is 51.9 Å². The Morgan fingerprint density at radius 2 is 1.82 bits per heavy atom. The number of thioether (sulfide) groups is 1. The topological polar surface area (TPSA) is 116 Å². The maximum Gasteiger partial charge on any atom is 0.272 e. The summed E-state index contributed by atoms with van der Waals surface area (Å²) in [6.45, 7) is 2.00. The number of carbonyl (C=O) groups is 2. The molecule has 0 saturated carbocycles. The Bertz CT molecular complexity index is 1430. The van der Waals surface area contributed by atoms with Crippen LogP contribution in [-0.4, -0.2) is 34.5 Å². The Labute approximate surface area is 203 Å². The molecule has 0 radical (unpaired) electrons. The molecule has 0 fully saturated rings. The zero-order chi connectivity index (χ0) is 24.1. The first-order chi connectivity index (χ1) is 16.5. The molecule has 0 aliphatic heterocycles. The second kappa shape index (κ2) is 10.4. The highest BCUT2D eigenvalue weighted by Crippen LogP contribution is 2.29. The molecule has 34 heavy (non-hydrogen) atoms. The summed E-state index contributed by atoms with van der Waals surface area (Å²) < 4.78 is 1.08. The number of aromatic amines is 1. The Kier molecular flexibility index (Phi) is 7.19. The van der Waals surface area contributed by atoms with Crippen molar-refractivity contribution in [3.63, 3.8) is 0 Å². The SMILES string of the molecule is CSc1sc(C)cc1/C=N\NC(=O)[C@@H](NC(=O)c1ccccc1)c1n[nH]c(=O)c2ccccc12. The first-order valence-corrected chi connectivity index (χ1v) is 12.3. The molecule has 0 aliphatic carbocycles. The molecule has 2 heterocycles. The van der Waals surface area contributed by atoms with E-state index in [0.717, 1.165) is 14.6 Å². The van der Waals surface area contributed by atoms with E-state index in [1.807, 2.05) is 19.2 Å². The first kappa shape index (κ1) is 23.4. The van der Waals surface area contributed by atoms with Crippen molar-refractivity contribution in [2.45, 2.75) is 17.2 Å². The highest BCUT2D eigenvalue weighted by Gasteiger charge is 2.27. The van der Waals surface area contributed by atoms with Crippen LogP contribution in [0.5, 0.6) is 0 Å². The van der Waals surface area contributed by atoms with Crippen molar-refractivity contribution in [3.05, 3.63) is 92.7 Å². The number of amides is 2. The van der Waals surface area contributed by atoms with E-state index in [1.165, 1.54) is 0 Å². The molecular weight excluding hydrogens is 470 g/mol. The average Bonchev–Trinajstić information content (AvgIpc) is 3.23. The molecule has 4 rings (SSSR count). The minimum atomic E-state index is -1.20. The molecular formula is C24H21N5O3S2. The van der Waals surface area contributed by atoms with Crippen LogP contribution in [0.25, 0.3) is 10.8 Å². The summed E-state index contributed by atoms with van der Waals surface area (Å²) in [7, 11) is 0. The van der Waals surface area contributed by atoms with Crippen LogP contribution in [0.1, 0.15) is 32.5 Å². The maximum absolute atomic E-state index is 13.2. The van der Waals surface area contributed by atoms with E-state index < -0.39 is 17.9 Å². The number of aromatic nitrogens is 2. The summed E-state index contributed by atoms with van der Waals surface area (Å²) in [6.07, 6.45) is 3.55. The molecule has 2 aromatic carbocycles. The lowest BCUT2D eigenvalue weighted by molar-refractivity contribution is -0.123. The second-order valence-electron chi connectivity index (χ2n) is 7.29. The van der Waals surface area contributed by atoms with Crippen LogP contribution in [0.3, 0.4) is 0 Å². The number of hydrogen-bond donors (Lipinski definition) is 3. The van der Waals surface area contributed by atoms with Gasteiger partial charge in [-0.25, -0.2) is 10.5 Å². The van der Waals surface area contributed by atoms with Gasteiger partial charge in [0.2, 0.25) is 0 Å². The van der Waals surface area contributed by atoms with Crippen LogP contribution in [-0.2, 0) is 4.79 Å². The lowest BCUT2D eigenvalue weighted by atomic mass is 10.0. The van der Waals surface area contributed by atoms with Gasteiger partial charge in [-0.15, -0.1) is 23.1 Å². The molecule has 172 valence electrons. The van der Waals surface area contributed by atoms with Crippen LogP contribution in [0.15, 0.2) is 74.8 Å². The molecule has 0 spiro atoms. The zero-order valence-corrected chi connectivity index (χ0v) is 20.0. The fourth-order valence-electron chi connectivity index (χ4n) is 3.41. The predicted molar refractivity (Wildman–Crippen MR) is 136 cm³/mol. The number of aryl methyl sites for hydroxylation is 1. The van der Waals surface area contributed by atoms with Crippen molar-refractivity contribution in [1.82, 2.24) is 20.9 Å². The number of fused-ring (bicyclic) bond motifs is 1. The van der Waals surface area contributed by atoms with E-state index in [9.17, 15) is 14.4 Å². The lowest BCUT2D eigenvalue weighted by Crippen LogP contribution is -2.40. The van der Waals surface area contributed by atoms with Gasteiger partial charge in [-0.1, -0.05) is 36.4 Å². The molecule has 0 saturated heterocycles. The maximum atomic E-state index is 13.2. The summed E-state index contributed by atoms with van der Waals surface area (Å²) in [6, 6.07) is 16.1. The number of hydrazone groups is 1. The van der Waals surface area contributed by atoms with Gasteiger partial charge in [-0.3, -0.25) is 14.4 Å². The number of carbonyl (C=O) groups excluding carboxylic acids is 2. The van der Waals surface area contributed by atoms with Gasteiger partial charge in [-0.05, 0) is 37.4 Å². The molecule has 4 aromatic rings. The monoisotopic (exact) mass is 491 g/mol. The summed E-state index contributed by atoms with van der Waals surface area (Å²) in [5.41, 5.74) is 3.61. The van der Waals surface area contributed by atoms with Gasteiger partial charge in [0.1, 0.15) is 5.69 Å². The molecule has 10 heteroatoms. The van der Waals surface area contributed by atoms with Gasteiger partial charge in [-0.2, -0.15) is 10.2 Å². The lowest BCUT2D eigenvalue weighted by Gasteiger charge is -2.18. The summed E-state index contributed by atoms with van der Waals surface area (Å²) >= 11 is 3.24. The largest absolute Gasteiger partial charge is 0.335 e. The van der Waals surface area contributed by atoms with E-state index >= 15 is 0 Å². The fourth-order valence-corrected chi connectivity index (χ4v) is 5.19. The Morgan fingerprint density at radius 3 is 2.56 bits per heavy atom. The highest BCUT2D eigenvalue weighted by molar-refractivity contribution is 8.00. The molecule has 0 unspecified atom stereocenters. The van der Waals surface area contributed by atoms with E-state index in [-0.39, 0.29) is 11.3 Å². The first-order valence-electron chi connectivity index (χ1n) is 10.3. The van der Waals surface area contributed by atoms with Crippen LogP contribution in [0.2, 0.25) is 0 Å². The van der Waals surface area contributed by atoms with E-state index in [2.05, 4.69) is 26.0 Å². The number of H-pyrrole nitrogens is 1. The van der Waals surface area contributed by atoms with Gasteiger partial charge in [0.05, 0.1) is 15.8 Å². The number of benzene rings is 2. The van der Waals surface area contributed by atoms with Crippen molar-refractivity contribution < 1.29 is 9.59 Å². The third-order valence-corrected chi connectivity index (χ3v) is 7.20. The second-order valence-corrected chi connectivity index (χ2v) is 9.63. The van der Waals surface area contributed by atoms with Crippen LogP contribution >= 0.6 is 23.1 Å². The Balaban J connectivity index is 1.67. The Hall–Kier alpha value is -3.76. The smallest absolute Gasteiger partial charge is 0.272 e. The van der Waals surface area contributed by atoms with Gasteiger partial charge >= 0.3 is 0 Å². The van der Waals surface area contributed by atoms with Crippen molar-refractivity contribution in [2.75, 3.05) is 6.26 Å². The molecule has 1 atom stereocenters. The van der Waals surface area contributed by atoms with Crippen molar-refractivity contribution in [3.8, 4) is 0 Å². The van der Waals surface area contributed by atoms with Crippen LogP contribution in [0, 0.1) is 6.92 Å². The zero-order valence-electron chi connectivity index (χ0n) is 18.4. The third kappa shape index (κ3) is 5.08. The van der Waals surface area contributed by atoms with Gasteiger partial charge in [0.25, 0.3) is 17.4 Å². The summed E-state index contributed by atoms with van der Waals surface area (Å²) in [4.78, 5) is 39.5. The van der Waals surface area contributed by atoms with Crippen LogP contribution < -0.4 is 16.3 Å². The van der Waals surface area contributed by atoms with E-state index in [1.54, 1.807) is 83.9 Å². The summed E-state index contributed by atoms with van der Waals surface area (Å²) in [5, 5.41) is 14.2. The minimum Gasteiger partial charge on any atom is -0.335 e. The normalized spacial score (nSPS) is 12.1. The van der Waals surface area contributed by atoms with Gasteiger partial charge < -0.3 is 5.32 Å². The number of hydrogen-bond acceptors (Lipinski definition) is 7. The quantitative estimate of drug-likeness (QED) is 0.207. The predicted octanol–water partition coefficient (Wildman–Crippen LogP) is 3.64. The highest BCUT2D eigenvalue weighted by atomic mass is 32.2. The standard InChI is InChI=1S/C24H21N5O3S2/c1-14-12-16(24(33-2)34-14)13-25-28-23(32)20(26-21(30)15-8-4-3-5-9-15)19-17-10-6-7-11-18(17)22(31)29-27-19/h3-13,20H,1-2H3,(H,26,30)(H,28,32)(H,29,31)/b25-13-/t20-/m0/s1. The van der Waals surface area contributed by atoms with E-state index in [0.29, 0.717) is 16.3 Å². The number of nitrogens with zero attached hydrogens (tertiary/aromatic N) is 2.